The van der Waals surface area contributed by atoms with Crippen molar-refractivity contribution < 1.29 is 19.1 Å². The lowest BCUT2D eigenvalue weighted by Crippen LogP contribution is -2.56. The molecule has 0 aromatic heterocycles. The summed E-state index contributed by atoms with van der Waals surface area (Å²) < 4.78 is 4.75. The predicted octanol–water partition coefficient (Wildman–Crippen LogP) is 0.448. The fraction of sp³-hybridized carbons (Fsp3) is 0.786. The highest BCUT2D eigenvalue weighted by Gasteiger charge is 2.30. The summed E-state index contributed by atoms with van der Waals surface area (Å²) >= 11 is 0. The van der Waals surface area contributed by atoms with Gasteiger partial charge in [0.2, 0.25) is 5.91 Å². The van der Waals surface area contributed by atoms with E-state index < -0.39 is 12.0 Å². The molecule has 1 N–H and O–H groups in total. The quantitative estimate of drug-likeness (QED) is 0.764. The van der Waals surface area contributed by atoms with Crippen LogP contribution in [0.2, 0.25) is 0 Å². The average Bonchev–Trinajstić information content (AvgIpc) is 2.50. The maximum absolute atomic E-state index is 12.2. The molecule has 1 fully saturated rings. The van der Waals surface area contributed by atoms with Crippen LogP contribution in [0.4, 0.5) is 4.79 Å². The number of carbonyl (C=O) groups excluding carboxylic acids is 3. The number of rotatable bonds is 4. The molecular formula is C14H25N3O4. The SMILES string of the molecule is CC[C@H](C)[C@@H](NC(=O)N1CCN(C(C)=O)CC1)C(=O)OC. The van der Waals surface area contributed by atoms with Crippen LogP contribution in [-0.2, 0) is 14.3 Å². The van der Waals surface area contributed by atoms with Gasteiger partial charge in [-0.15, -0.1) is 0 Å². The first-order chi connectivity index (χ1) is 9.90. The van der Waals surface area contributed by atoms with Gasteiger partial charge in [0.05, 0.1) is 7.11 Å². The van der Waals surface area contributed by atoms with Crippen LogP contribution in [0, 0.1) is 5.92 Å². The Hall–Kier alpha value is -1.79. The first-order valence-electron chi connectivity index (χ1n) is 7.29. The van der Waals surface area contributed by atoms with E-state index >= 15 is 0 Å². The Morgan fingerprint density at radius 2 is 1.67 bits per heavy atom. The molecule has 0 aromatic carbocycles. The molecule has 0 unspecified atom stereocenters. The number of amides is 3. The van der Waals surface area contributed by atoms with Crippen molar-refractivity contribution in [2.45, 2.75) is 33.2 Å². The molecule has 21 heavy (non-hydrogen) atoms. The van der Waals surface area contributed by atoms with Crippen LogP contribution in [0.15, 0.2) is 0 Å². The Kier molecular flexibility index (Phi) is 6.45. The van der Waals surface area contributed by atoms with E-state index in [1.54, 1.807) is 9.80 Å². The minimum Gasteiger partial charge on any atom is -0.467 e. The summed E-state index contributed by atoms with van der Waals surface area (Å²) in [6.07, 6.45) is 0.762. The number of ether oxygens (including phenoxy) is 1. The van der Waals surface area contributed by atoms with Crippen molar-refractivity contribution in [2.75, 3.05) is 33.3 Å². The topological polar surface area (TPSA) is 79.0 Å². The van der Waals surface area contributed by atoms with E-state index in [-0.39, 0.29) is 17.9 Å². The van der Waals surface area contributed by atoms with Gasteiger partial charge >= 0.3 is 12.0 Å². The number of hydrogen-bond acceptors (Lipinski definition) is 4. The van der Waals surface area contributed by atoms with Gasteiger partial charge in [0.25, 0.3) is 0 Å². The fourth-order valence-electron chi connectivity index (χ4n) is 2.24. The van der Waals surface area contributed by atoms with E-state index in [1.165, 1.54) is 14.0 Å². The maximum Gasteiger partial charge on any atom is 0.328 e. The Balaban J connectivity index is 2.58. The summed E-state index contributed by atoms with van der Waals surface area (Å²) in [5.41, 5.74) is 0. The van der Waals surface area contributed by atoms with E-state index in [4.69, 9.17) is 4.74 Å². The summed E-state index contributed by atoms with van der Waals surface area (Å²) in [7, 11) is 1.31. The highest BCUT2D eigenvalue weighted by molar-refractivity contribution is 5.84. The lowest BCUT2D eigenvalue weighted by atomic mass is 9.99. The third kappa shape index (κ3) is 4.61. The van der Waals surface area contributed by atoms with Gasteiger partial charge in [-0.05, 0) is 5.92 Å². The van der Waals surface area contributed by atoms with Gasteiger partial charge < -0.3 is 19.9 Å². The molecule has 0 aromatic rings. The first kappa shape index (κ1) is 17.3. The number of urea groups is 1. The summed E-state index contributed by atoms with van der Waals surface area (Å²) in [6, 6.07) is -0.924. The van der Waals surface area contributed by atoms with Crippen LogP contribution >= 0.6 is 0 Å². The Labute approximate surface area is 125 Å². The van der Waals surface area contributed by atoms with Gasteiger partial charge in [0.15, 0.2) is 0 Å². The number of esters is 1. The van der Waals surface area contributed by atoms with Crippen LogP contribution in [0.1, 0.15) is 27.2 Å². The Morgan fingerprint density at radius 3 is 2.10 bits per heavy atom. The maximum atomic E-state index is 12.2. The number of hydrogen-bond donors (Lipinski definition) is 1. The number of methoxy groups -OCH3 is 1. The molecule has 0 bridgehead atoms. The highest BCUT2D eigenvalue weighted by Crippen LogP contribution is 2.10. The van der Waals surface area contributed by atoms with Crippen molar-refractivity contribution in [1.82, 2.24) is 15.1 Å². The van der Waals surface area contributed by atoms with Gasteiger partial charge in [-0.2, -0.15) is 0 Å². The molecule has 0 spiro atoms. The Morgan fingerprint density at radius 1 is 1.14 bits per heavy atom. The van der Waals surface area contributed by atoms with Crippen molar-refractivity contribution in [2.24, 2.45) is 5.92 Å². The van der Waals surface area contributed by atoms with Crippen LogP contribution in [0.25, 0.3) is 0 Å². The summed E-state index contributed by atoms with van der Waals surface area (Å²) in [4.78, 5) is 38.6. The second-order valence-electron chi connectivity index (χ2n) is 5.33. The molecular weight excluding hydrogens is 274 g/mol. The molecule has 3 amide bonds. The molecule has 120 valence electrons. The van der Waals surface area contributed by atoms with E-state index in [1.807, 2.05) is 13.8 Å². The van der Waals surface area contributed by atoms with Gasteiger partial charge in [-0.25, -0.2) is 9.59 Å². The molecule has 1 rings (SSSR count). The summed E-state index contributed by atoms with van der Waals surface area (Å²) in [5, 5.41) is 2.74. The van der Waals surface area contributed by atoms with Crippen LogP contribution in [-0.4, -0.2) is 67.0 Å². The molecule has 1 heterocycles. The lowest BCUT2D eigenvalue weighted by Gasteiger charge is -2.35. The minimum atomic E-state index is -0.640. The lowest BCUT2D eigenvalue weighted by molar-refractivity contribution is -0.144. The van der Waals surface area contributed by atoms with Crippen molar-refractivity contribution in [3.8, 4) is 0 Å². The highest BCUT2D eigenvalue weighted by atomic mass is 16.5. The number of nitrogens with one attached hydrogen (secondary N) is 1. The van der Waals surface area contributed by atoms with Gasteiger partial charge in [-0.1, -0.05) is 20.3 Å². The smallest absolute Gasteiger partial charge is 0.328 e. The van der Waals surface area contributed by atoms with Gasteiger partial charge in [0, 0.05) is 33.1 Å². The molecule has 0 radical (unpaired) electrons. The average molecular weight is 299 g/mol. The monoisotopic (exact) mass is 299 g/mol. The normalized spacial score (nSPS) is 17.9. The van der Waals surface area contributed by atoms with E-state index in [0.717, 1.165) is 6.42 Å². The van der Waals surface area contributed by atoms with Crippen molar-refractivity contribution >= 4 is 17.9 Å². The number of nitrogens with zero attached hydrogens (tertiary/aromatic N) is 2. The zero-order valence-corrected chi connectivity index (χ0v) is 13.2. The van der Waals surface area contributed by atoms with Crippen LogP contribution in [0.3, 0.4) is 0 Å². The predicted molar refractivity (Wildman–Crippen MR) is 77.6 cm³/mol. The van der Waals surface area contributed by atoms with Gasteiger partial charge in [0.1, 0.15) is 6.04 Å². The zero-order chi connectivity index (χ0) is 16.0. The molecule has 1 saturated heterocycles. The second-order valence-corrected chi connectivity index (χ2v) is 5.33. The van der Waals surface area contributed by atoms with E-state index in [2.05, 4.69) is 5.32 Å². The molecule has 0 aliphatic carbocycles. The molecule has 1 aliphatic rings. The third-order valence-electron chi connectivity index (χ3n) is 3.96. The summed E-state index contributed by atoms with van der Waals surface area (Å²) in [5.74, 6) is -0.415. The minimum absolute atomic E-state index is 0.0000846. The van der Waals surface area contributed by atoms with Crippen LogP contribution in [0.5, 0.6) is 0 Å². The molecule has 2 atom stereocenters. The number of carbonyl (C=O) groups is 3. The first-order valence-corrected chi connectivity index (χ1v) is 7.29. The molecule has 7 nitrogen and oxygen atoms in total. The van der Waals surface area contributed by atoms with E-state index in [9.17, 15) is 14.4 Å². The van der Waals surface area contributed by atoms with Crippen molar-refractivity contribution in [3.05, 3.63) is 0 Å². The van der Waals surface area contributed by atoms with Gasteiger partial charge in [-0.3, -0.25) is 4.79 Å². The Bertz CT molecular complexity index is 392. The van der Waals surface area contributed by atoms with Crippen molar-refractivity contribution in [1.29, 1.82) is 0 Å². The number of piperazine rings is 1. The molecule has 0 saturated carbocycles. The fourth-order valence-corrected chi connectivity index (χ4v) is 2.24. The largest absolute Gasteiger partial charge is 0.467 e. The molecule has 1 aliphatic heterocycles. The second kappa shape index (κ2) is 7.85. The third-order valence-corrected chi connectivity index (χ3v) is 3.96. The van der Waals surface area contributed by atoms with Crippen molar-refractivity contribution in [3.63, 3.8) is 0 Å². The standard InChI is InChI=1S/C14H25N3O4/c1-5-10(2)12(13(19)21-4)15-14(20)17-8-6-16(7-9-17)11(3)18/h10,12H,5-9H2,1-4H3,(H,15,20)/t10-,12+/m0/s1. The summed E-state index contributed by atoms with van der Waals surface area (Å²) in [6.45, 7) is 7.36. The molecule has 7 heteroatoms. The van der Waals surface area contributed by atoms with E-state index in [0.29, 0.717) is 26.2 Å². The van der Waals surface area contributed by atoms with Crippen LogP contribution < -0.4 is 5.32 Å². The zero-order valence-electron chi connectivity index (χ0n) is 13.2.